The normalized spacial score (nSPS) is 20.7. The Hall–Kier alpha value is -3.63. The molecule has 4 heterocycles. The second kappa shape index (κ2) is 15.5. The maximum Gasteiger partial charge on any atom is 0.322 e. The van der Waals surface area contributed by atoms with Gasteiger partial charge in [-0.05, 0) is 86.4 Å². The Balaban J connectivity index is 1.09. The molecule has 3 N–H and O–H groups in total. The predicted molar refractivity (Wildman–Crippen MR) is 186 cm³/mol. The number of piperazine rings is 1. The van der Waals surface area contributed by atoms with E-state index in [1.165, 1.54) is 11.1 Å². The van der Waals surface area contributed by atoms with E-state index in [1.807, 2.05) is 32.9 Å². The number of anilines is 1. The van der Waals surface area contributed by atoms with E-state index in [-0.39, 0.29) is 24.0 Å². The molecule has 6 rings (SSSR count). The average Bonchev–Trinajstić information content (AvgIpc) is 3.29. The Morgan fingerprint density at radius 2 is 1.55 bits per heavy atom. The molecule has 3 saturated heterocycles. The molecule has 1 atom stereocenters. The highest BCUT2D eigenvalue weighted by Gasteiger charge is 2.35. The number of nitrogens with zero attached hydrogens (tertiary/aromatic N) is 4. The summed E-state index contributed by atoms with van der Waals surface area (Å²) in [4.78, 5) is 49.3. The van der Waals surface area contributed by atoms with E-state index < -0.39 is 6.04 Å². The van der Waals surface area contributed by atoms with Crippen LogP contribution in [-0.4, -0.2) is 115 Å². The lowest BCUT2D eigenvalue weighted by Gasteiger charge is -2.42. The third-order valence-corrected chi connectivity index (χ3v) is 10.9. The van der Waals surface area contributed by atoms with Crippen LogP contribution in [0.15, 0.2) is 42.5 Å². The van der Waals surface area contributed by atoms with Gasteiger partial charge in [0.05, 0.1) is 0 Å². The number of likely N-dealkylation sites (tertiary alicyclic amines) is 1. The summed E-state index contributed by atoms with van der Waals surface area (Å²) in [5.41, 5.74) is 5.76. The number of carbonyl (C=O) groups excluding carboxylic acids is 3. The van der Waals surface area contributed by atoms with E-state index >= 15 is 0 Å². The second-order valence-corrected chi connectivity index (χ2v) is 13.6. The van der Waals surface area contributed by atoms with Gasteiger partial charge in [0.15, 0.2) is 0 Å². The van der Waals surface area contributed by atoms with Crippen molar-refractivity contribution in [1.29, 1.82) is 0 Å². The number of para-hydroxylation sites is 1. The Labute approximate surface area is 280 Å². The monoisotopic (exact) mass is 643 g/mol. The highest BCUT2D eigenvalue weighted by Crippen LogP contribution is 2.25. The highest BCUT2D eigenvalue weighted by atomic mass is 16.2. The quantitative estimate of drug-likeness (QED) is 0.406. The maximum absolute atomic E-state index is 14.1. The zero-order valence-electron chi connectivity index (χ0n) is 28.3. The molecule has 0 radical (unpaired) electrons. The summed E-state index contributed by atoms with van der Waals surface area (Å²) >= 11 is 0. The largest absolute Gasteiger partial charge is 0.338 e. The van der Waals surface area contributed by atoms with Gasteiger partial charge < -0.3 is 30.7 Å². The minimum Gasteiger partial charge on any atom is -0.338 e. The highest BCUT2D eigenvalue weighted by molar-refractivity contribution is 5.91. The Bertz CT molecular complexity index is 1390. The third-order valence-electron chi connectivity index (χ3n) is 10.9. The predicted octanol–water partition coefficient (Wildman–Crippen LogP) is 3.88. The molecule has 47 heavy (non-hydrogen) atoms. The summed E-state index contributed by atoms with van der Waals surface area (Å²) in [5.74, 6) is 0.0108. The molecule has 2 aromatic rings. The Kier molecular flexibility index (Phi) is 11.0. The molecule has 2 aromatic carbocycles. The van der Waals surface area contributed by atoms with Gasteiger partial charge in [-0.1, -0.05) is 50.2 Å². The minimum atomic E-state index is -0.627. The molecule has 3 fully saturated rings. The topological polar surface area (TPSA) is 100 Å². The van der Waals surface area contributed by atoms with Crippen molar-refractivity contribution < 1.29 is 14.4 Å². The molecule has 254 valence electrons. The zero-order chi connectivity index (χ0) is 32.8. The number of fused-ring (bicyclic) bond motifs is 1. The summed E-state index contributed by atoms with van der Waals surface area (Å²) < 4.78 is 0. The first-order valence-corrected chi connectivity index (χ1v) is 18.0. The SMILES string of the molecule is CCc1ccc(C[C@@H](NC(=O)N2CCC(N3CCc4ccccc4NC3=O)CC2)C(=O)N2CCN(C3CCNCC3)CC2)cc1CC. The van der Waals surface area contributed by atoms with Crippen LogP contribution in [0.5, 0.6) is 0 Å². The number of aryl methyl sites for hydroxylation is 2. The van der Waals surface area contributed by atoms with Crippen LogP contribution in [0.4, 0.5) is 15.3 Å². The first-order valence-electron chi connectivity index (χ1n) is 18.0. The molecule has 0 unspecified atom stereocenters. The minimum absolute atomic E-state index is 0.0108. The fourth-order valence-electron chi connectivity index (χ4n) is 7.97. The van der Waals surface area contributed by atoms with Crippen molar-refractivity contribution in [1.82, 2.24) is 30.2 Å². The molecule has 10 heteroatoms. The molecule has 0 saturated carbocycles. The number of nitrogens with one attached hydrogen (secondary N) is 3. The summed E-state index contributed by atoms with van der Waals surface area (Å²) in [6.45, 7) is 11.4. The number of piperidine rings is 2. The number of urea groups is 2. The number of hydrogen-bond acceptors (Lipinski definition) is 5. The summed E-state index contributed by atoms with van der Waals surface area (Å²) in [7, 11) is 0. The summed E-state index contributed by atoms with van der Waals surface area (Å²) in [6.07, 6.45) is 6.95. The van der Waals surface area contributed by atoms with Crippen LogP contribution in [0.25, 0.3) is 0 Å². The lowest BCUT2D eigenvalue weighted by atomic mass is 9.96. The molecule has 0 aromatic heterocycles. The van der Waals surface area contributed by atoms with Crippen molar-refractivity contribution in [2.75, 3.05) is 64.2 Å². The van der Waals surface area contributed by atoms with Gasteiger partial charge in [0.1, 0.15) is 6.04 Å². The number of benzene rings is 2. The van der Waals surface area contributed by atoms with Gasteiger partial charge in [0.25, 0.3) is 0 Å². The van der Waals surface area contributed by atoms with Crippen LogP contribution in [0.1, 0.15) is 61.8 Å². The van der Waals surface area contributed by atoms with Crippen LogP contribution in [0.2, 0.25) is 0 Å². The second-order valence-electron chi connectivity index (χ2n) is 13.6. The lowest BCUT2D eigenvalue weighted by Crippen LogP contribution is -2.59. The van der Waals surface area contributed by atoms with Crippen molar-refractivity contribution >= 4 is 23.7 Å². The maximum atomic E-state index is 14.1. The van der Waals surface area contributed by atoms with Gasteiger partial charge >= 0.3 is 12.1 Å². The van der Waals surface area contributed by atoms with Gasteiger partial charge in [0, 0.05) is 70.0 Å². The fraction of sp³-hybridized carbons (Fsp3) is 0.595. The average molecular weight is 644 g/mol. The van der Waals surface area contributed by atoms with E-state index in [1.54, 1.807) is 0 Å². The van der Waals surface area contributed by atoms with Gasteiger partial charge in [-0.3, -0.25) is 9.69 Å². The molecular formula is C37H53N7O3. The number of hydrogen-bond donors (Lipinski definition) is 3. The number of amides is 5. The molecule has 4 aliphatic rings. The lowest BCUT2D eigenvalue weighted by molar-refractivity contribution is -0.135. The van der Waals surface area contributed by atoms with E-state index in [4.69, 9.17) is 0 Å². The van der Waals surface area contributed by atoms with Crippen LogP contribution in [0, 0.1) is 0 Å². The molecular weight excluding hydrogens is 590 g/mol. The summed E-state index contributed by atoms with van der Waals surface area (Å²) in [6, 6.07) is 14.3. The zero-order valence-corrected chi connectivity index (χ0v) is 28.3. The summed E-state index contributed by atoms with van der Waals surface area (Å²) in [5, 5.41) is 9.71. The van der Waals surface area contributed by atoms with Crippen molar-refractivity contribution in [2.45, 2.75) is 83.3 Å². The van der Waals surface area contributed by atoms with Crippen molar-refractivity contribution in [3.8, 4) is 0 Å². The molecule has 10 nitrogen and oxygen atoms in total. The first-order chi connectivity index (χ1) is 22.9. The van der Waals surface area contributed by atoms with Crippen molar-refractivity contribution in [3.05, 3.63) is 64.7 Å². The molecule has 0 spiro atoms. The van der Waals surface area contributed by atoms with Crippen molar-refractivity contribution in [2.24, 2.45) is 0 Å². The van der Waals surface area contributed by atoms with Gasteiger partial charge in [-0.2, -0.15) is 0 Å². The van der Waals surface area contributed by atoms with Crippen LogP contribution in [0.3, 0.4) is 0 Å². The van der Waals surface area contributed by atoms with Crippen molar-refractivity contribution in [3.63, 3.8) is 0 Å². The first kappa shape index (κ1) is 33.3. The Morgan fingerprint density at radius 3 is 2.28 bits per heavy atom. The van der Waals surface area contributed by atoms with E-state index in [0.717, 1.165) is 75.1 Å². The van der Waals surface area contributed by atoms with E-state index in [0.29, 0.717) is 58.0 Å². The number of rotatable bonds is 8. The van der Waals surface area contributed by atoms with Gasteiger partial charge in [-0.15, -0.1) is 0 Å². The number of carbonyl (C=O) groups is 3. The third kappa shape index (κ3) is 7.92. The molecule has 0 bridgehead atoms. The Morgan fingerprint density at radius 1 is 0.830 bits per heavy atom. The molecule has 0 aliphatic carbocycles. The fourth-order valence-corrected chi connectivity index (χ4v) is 7.97. The molecule has 5 amide bonds. The van der Waals surface area contributed by atoms with Gasteiger partial charge in [-0.25, -0.2) is 9.59 Å². The van der Waals surface area contributed by atoms with E-state index in [2.05, 4.69) is 59.0 Å². The van der Waals surface area contributed by atoms with Crippen LogP contribution in [-0.2, 0) is 30.5 Å². The van der Waals surface area contributed by atoms with Crippen LogP contribution >= 0.6 is 0 Å². The molecule has 4 aliphatic heterocycles. The van der Waals surface area contributed by atoms with E-state index in [9.17, 15) is 14.4 Å². The van der Waals surface area contributed by atoms with Gasteiger partial charge in [0.2, 0.25) is 5.91 Å². The van der Waals surface area contributed by atoms with Crippen LogP contribution < -0.4 is 16.0 Å². The standard InChI is InChI=1S/C37H53N7O3/c1-3-28-10-9-27(25-29(28)4-2)26-34(35(45)42-23-21-41(22-24-42)31-11-16-38-17-12-31)40-36(46)43-18-14-32(15-19-43)44-20-13-30-7-5-6-8-33(30)39-37(44)47/h5-10,25,31-32,34,38H,3-4,11-24,26H2,1-2H3,(H,39,47)(H,40,46)/t34-/m1/s1. The smallest absolute Gasteiger partial charge is 0.322 e.